The minimum absolute atomic E-state index is 0.0127. The molecule has 0 spiro atoms. The number of nitrogens with two attached hydrogens (primary N) is 1. The fourth-order valence-corrected chi connectivity index (χ4v) is 4.53. The summed E-state index contributed by atoms with van der Waals surface area (Å²) in [5.41, 5.74) is 6.81. The molecule has 0 aliphatic carbocycles. The maximum absolute atomic E-state index is 11.8. The third-order valence-corrected chi connectivity index (χ3v) is 6.66. The number of aliphatic hydroxyl groups is 3. The number of benzene rings is 1. The molecule has 1 aromatic rings. The largest absolute Gasteiger partial charge is 0.492 e. The molecule has 0 amide bonds. The van der Waals surface area contributed by atoms with Gasteiger partial charge in [-0.3, -0.25) is 9.69 Å². The molecule has 1 aliphatic rings. The molecule has 5 atom stereocenters. The molecule has 218 valence electrons. The summed E-state index contributed by atoms with van der Waals surface area (Å²) in [6.45, 7) is 6.94. The van der Waals surface area contributed by atoms with Crippen LogP contribution in [-0.4, -0.2) is 96.0 Å². The molecule has 0 bridgehead atoms. The summed E-state index contributed by atoms with van der Waals surface area (Å²) in [6.07, 6.45) is 2.22. The van der Waals surface area contributed by atoms with Gasteiger partial charge in [-0.2, -0.15) is 0 Å². The van der Waals surface area contributed by atoms with Crippen LogP contribution in [0.2, 0.25) is 0 Å². The van der Waals surface area contributed by atoms with E-state index >= 15 is 0 Å². The van der Waals surface area contributed by atoms with Crippen LogP contribution < -0.4 is 10.5 Å². The first-order chi connectivity index (χ1) is 18.2. The number of esters is 1. The number of unbranched alkanes of at least 4 members (excludes halogenated alkanes) is 4. The van der Waals surface area contributed by atoms with Gasteiger partial charge in [0.15, 0.2) is 12.4 Å². The van der Waals surface area contributed by atoms with E-state index in [-0.39, 0.29) is 13.2 Å². The van der Waals surface area contributed by atoms with Crippen molar-refractivity contribution in [2.75, 3.05) is 39.4 Å². The maximum Gasteiger partial charge on any atom is 0.305 e. The second-order valence-corrected chi connectivity index (χ2v) is 9.99. The fourth-order valence-electron chi connectivity index (χ4n) is 4.53. The number of aryl methyl sites for hydroxylation is 1. The number of nitrogens with zero attached hydrogens (tertiary/aromatic N) is 1. The van der Waals surface area contributed by atoms with Crippen molar-refractivity contribution < 1.29 is 39.1 Å². The minimum Gasteiger partial charge on any atom is -0.492 e. The molecule has 0 saturated carbocycles. The molecule has 0 aromatic heterocycles. The number of hydrogen-bond donors (Lipinski definition) is 4. The van der Waals surface area contributed by atoms with E-state index in [1.165, 1.54) is 5.56 Å². The first kappa shape index (κ1) is 32.4. The second-order valence-electron chi connectivity index (χ2n) is 9.99. The first-order valence-electron chi connectivity index (χ1n) is 13.9. The molecule has 1 fully saturated rings. The van der Waals surface area contributed by atoms with E-state index in [1.807, 2.05) is 17.0 Å². The summed E-state index contributed by atoms with van der Waals surface area (Å²) in [4.78, 5) is 13.8. The normalized spacial score (nSPS) is 22.2. The molecule has 1 aromatic carbocycles. The van der Waals surface area contributed by atoms with Crippen LogP contribution in [0.25, 0.3) is 0 Å². The summed E-state index contributed by atoms with van der Waals surface area (Å²) in [5.74, 6) is -2.50. The van der Waals surface area contributed by atoms with Crippen molar-refractivity contribution >= 4 is 5.97 Å². The molecule has 10 nitrogen and oxygen atoms in total. The highest BCUT2D eigenvalue weighted by atomic mass is 16.7. The van der Waals surface area contributed by atoms with E-state index in [0.29, 0.717) is 26.2 Å². The van der Waals surface area contributed by atoms with Crippen molar-refractivity contribution in [3.63, 3.8) is 0 Å². The van der Waals surface area contributed by atoms with Crippen molar-refractivity contribution in [3.8, 4) is 5.75 Å². The lowest BCUT2D eigenvalue weighted by Gasteiger charge is -2.44. The fraction of sp³-hybridized carbons (Fsp3) is 0.750. The predicted octanol–water partition coefficient (Wildman–Crippen LogP) is 1.96. The maximum atomic E-state index is 11.8. The van der Waals surface area contributed by atoms with Gasteiger partial charge in [0.1, 0.15) is 24.6 Å². The lowest BCUT2D eigenvalue weighted by atomic mass is 9.97. The number of aliphatic hydroxyl groups excluding tert-OH is 2. The monoisotopic (exact) mass is 540 g/mol. The Balaban J connectivity index is 2.03. The van der Waals surface area contributed by atoms with E-state index in [4.69, 9.17) is 24.7 Å². The summed E-state index contributed by atoms with van der Waals surface area (Å²) in [7, 11) is 0. The number of hydrogen-bond acceptors (Lipinski definition) is 10. The summed E-state index contributed by atoms with van der Waals surface area (Å²) >= 11 is 0. The van der Waals surface area contributed by atoms with Gasteiger partial charge in [-0.25, -0.2) is 0 Å². The molecular weight excluding hydrogens is 492 g/mol. The predicted molar refractivity (Wildman–Crippen MR) is 144 cm³/mol. The Kier molecular flexibility index (Phi) is 14.5. The number of carbonyl (C=O) groups is 1. The van der Waals surface area contributed by atoms with Crippen molar-refractivity contribution in [2.24, 2.45) is 5.73 Å². The highest BCUT2D eigenvalue weighted by Gasteiger charge is 2.53. The molecule has 0 radical (unpaired) electrons. The summed E-state index contributed by atoms with van der Waals surface area (Å²) in [6, 6.07) is 8.00. The molecule has 10 heteroatoms. The molecule has 1 saturated heterocycles. The Morgan fingerprint density at radius 3 is 2.58 bits per heavy atom. The molecule has 1 heterocycles. The van der Waals surface area contributed by atoms with Crippen LogP contribution in [0.15, 0.2) is 24.3 Å². The SMILES string of the molecule is CCCCCCN(CCOc1ccc(CCCCN)cc1)C[C@H](O)[C@@](O)(OC(C)=O)[C@@H]1O[C@H](C)OC[C@H]1O. The Morgan fingerprint density at radius 1 is 1.18 bits per heavy atom. The lowest BCUT2D eigenvalue weighted by Crippen LogP contribution is -2.65. The quantitative estimate of drug-likeness (QED) is 0.124. The van der Waals surface area contributed by atoms with Gasteiger partial charge >= 0.3 is 5.97 Å². The van der Waals surface area contributed by atoms with Crippen LogP contribution in [0.3, 0.4) is 0 Å². The highest BCUT2D eigenvalue weighted by Crippen LogP contribution is 2.29. The zero-order valence-electron chi connectivity index (χ0n) is 23.2. The van der Waals surface area contributed by atoms with Crippen LogP contribution in [0.1, 0.15) is 64.9 Å². The van der Waals surface area contributed by atoms with E-state index in [0.717, 1.165) is 57.6 Å². The van der Waals surface area contributed by atoms with Crippen LogP contribution in [-0.2, 0) is 25.4 Å². The molecular formula is C28H48N2O8. The van der Waals surface area contributed by atoms with E-state index in [9.17, 15) is 20.1 Å². The van der Waals surface area contributed by atoms with E-state index < -0.39 is 36.4 Å². The first-order valence-corrected chi connectivity index (χ1v) is 13.9. The Hall–Kier alpha value is -1.79. The average molecular weight is 541 g/mol. The van der Waals surface area contributed by atoms with Gasteiger partial charge in [-0.15, -0.1) is 0 Å². The van der Waals surface area contributed by atoms with E-state index in [2.05, 4.69) is 19.1 Å². The summed E-state index contributed by atoms with van der Waals surface area (Å²) < 4.78 is 21.9. The molecule has 2 rings (SSSR count). The zero-order valence-corrected chi connectivity index (χ0v) is 23.2. The zero-order chi connectivity index (χ0) is 28.0. The van der Waals surface area contributed by atoms with Crippen molar-refractivity contribution in [1.82, 2.24) is 4.90 Å². The van der Waals surface area contributed by atoms with Crippen LogP contribution in [0, 0.1) is 0 Å². The Labute approximate surface area is 227 Å². The third kappa shape index (κ3) is 10.8. The summed E-state index contributed by atoms with van der Waals surface area (Å²) in [5, 5.41) is 32.9. The van der Waals surface area contributed by atoms with Gasteiger partial charge in [0.2, 0.25) is 0 Å². The van der Waals surface area contributed by atoms with Gasteiger partial charge in [0, 0.05) is 20.0 Å². The van der Waals surface area contributed by atoms with Gasteiger partial charge in [-0.1, -0.05) is 38.3 Å². The number of carbonyl (C=O) groups excluding carboxylic acids is 1. The van der Waals surface area contributed by atoms with Gasteiger partial charge in [0.05, 0.1) is 6.61 Å². The van der Waals surface area contributed by atoms with Gasteiger partial charge < -0.3 is 40.0 Å². The number of ether oxygens (including phenoxy) is 4. The van der Waals surface area contributed by atoms with Crippen LogP contribution >= 0.6 is 0 Å². The van der Waals surface area contributed by atoms with E-state index in [1.54, 1.807) is 6.92 Å². The van der Waals surface area contributed by atoms with Crippen LogP contribution in [0.4, 0.5) is 0 Å². The van der Waals surface area contributed by atoms with Gasteiger partial charge in [-0.05, 0) is 63.4 Å². The Morgan fingerprint density at radius 2 is 1.92 bits per heavy atom. The van der Waals surface area contributed by atoms with Crippen molar-refractivity contribution in [2.45, 2.75) is 96.1 Å². The van der Waals surface area contributed by atoms with Crippen molar-refractivity contribution in [3.05, 3.63) is 29.8 Å². The second kappa shape index (κ2) is 17.0. The standard InChI is InChI=1S/C28H48N2O8/c1-4-5-6-9-16-30(17-18-35-24-13-11-23(12-14-24)10-7-8-15-29)19-26(33)28(34,38-21(2)31)27-25(32)20-36-22(3)37-27/h11-14,22,25-27,32-34H,4-10,15-20,29H2,1-3H3/t22-,25-,26+,27-,28-/m1/s1. The van der Waals surface area contributed by atoms with Crippen LogP contribution in [0.5, 0.6) is 5.75 Å². The smallest absolute Gasteiger partial charge is 0.305 e. The topological polar surface area (TPSA) is 144 Å². The van der Waals surface area contributed by atoms with Crippen molar-refractivity contribution in [1.29, 1.82) is 0 Å². The molecule has 5 N–H and O–H groups in total. The molecule has 38 heavy (non-hydrogen) atoms. The average Bonchev–Trinajstić information content (AvgIpc) is 2.88. The Bertz CT molecular complexity index is 796. The van der Waals surface area contributed by atoms with Gasteiger partial charge in [0.25, 0.3) is 5.79 Å². The molecule has 0 unspecified atom stereocenters. The minimum atomic E-state index is -2.45. The third-order valence-electron chi connectivity index (χ3n) is 6.66. The number of rotatable bonds is 18. The highest BCUT2D eigenvalue weighted by molar-refractivity contribution is 5.66. The lowest BCUT2D eigenvalue weighted by molar-refractivity contribution is -0.356. The molecule has 1 aliphatic heterocycles.